The van der Waals surface area contributed by atoms with Gasteiger partial charge in [-0.1, -0.05) is 41.6 Å². The second-order valence-electron chi connectivity index (χ2n) is 7.09. The van der Waals surface area contributed by atoms with Gasteiger partial charge in [0.05, 0.1) is 34.6 Å². The lowest BCUT2D eigenvalue weighted by Crippen LogP contribution is -2.37. The van der Waals surface area contributed by atoms with Crippen molar-refractivity contribution in [2.45, 2.75) is 5.16 Å². The Bertz CT molecular complexity index is 1180. The van der Waals surface area contributed by atoms with E-state index in [1.807, 2.05) is 35.2 Å². The molecule has 1 aliphatic rings. The molecule has 13 heteroatoms. The Labute approximate surface area is 204 Å². The van der Waals surface area contributed by atoms with Crippen LogP contribution in [0.15, 0.2) is 53.7 Å². The van der Waals surface area contributed by atoms with E-state index in [4.69, 9.17) is 16.3 Å². The second-order valence-corrected chi connectivity index (χ2v) is 8.44. The molecule has 1 aromatic heterocycles. The zero-order chi connectivity index (χ0) is 23.9. The van der Waals surface area contributed by atoms with E-state index in [2.05, 4.69) is 25.6 Å². The molecular weight excluding hydrogens is 482 g/mol. The molecule has 11 nitrogen and oxygen atoms in total. The van der Waals surface area contributed by atoms with Gasteiger partial charge >= 0.3 is 0 Å². The molecule has 34 heavy (non-hydrogen) atoms. The van der Waals surface area contributed by atoms with Crippen molar-refractivity contribution in [2.75, 3.05) is 47.6 Å². The van der Waals surface area contributed by atoms with Gasteiger partial charge in [-0.25, -0.2) is 0 Å². The molecule has 0 saturated carbocycles. The molecule has 0 spiro atoms. The van der Waals surface area contributed by atoms with Crippen molar-refractivity contribution >= 4 is 58.2 Å². The Morgan fingerprint density at radius 2 is 1.91 bits per heavy atom. The van der Waals surface area contributed by atoms with E-state index in [-0.39, 0.29) is 22.2 Å². The number of thioether (sulfide) groups is 1. The summed E-state index contributed by atoms with van der Waals surface area (Å²) in [5.41, 5.74) is 0.810. The fraction of sp³-hybridized carbons (Fsp3) is 0.238. The summed E-state index contributed by atoms with van der Waals surface area (Å²) in [6.07, 6.45) is 0. The van der Waals surface area contributed by atoms with Crippen LogP contribution in [0.2, 0.25) is 5.02 Å². The summed E-state index contributed by atoms with van der Waals surface area (Å²) in [4.78, 5) is 38.4. The fourth-order valence-corrected chi connectivity index (χ4v) is 3.86. The molecule has 0 aliphatic carbocycles. The lowest BCUT2D eigenvalue weighted by molar-refractivity contribution is -0.384. The number of nitro groups is 1. The maximum Gasteiger partial charge on any atom is 0.271 e. The second kappa shape index (κ2) is 11.1. The number of amides is 1. The molecule has 2 N–H and O–H groups in total. The van der Waals surface area contributed by atoms with Crippen molar-refractivity contribution in [1.29, 1.82) is 0 Å². The molecule has 2 aromatic carbocycles. The molecule has 1 aliphatic heterocycles. The van der Waals surface area contributed by atoms with Crippen molar-refractivity contribution in [3.05, 3.63) is 63.7 Å². The number of nitrogens with zero attached hydrogens (tertiary/aromatic N) is 5. The molecule has 0 unspecified atom stereocenters. The molecule has 0 atom stereocenters. The zero-order valence-electron chi connectivity index (χ0n) is 17.8. The summed E-state index contributed by atoms with van der Waals surface area (Å²) in [6.45, 7) is 2.43. The van der Waals surface area contributed by atoms with E-state index < -0.39 is 10.8 Å². The molecule has 2 heterocycles. The summed E-state index contributed by atoms with van der Waals surface area (Å²) in [6, 6.07) is 13.3. The number of rotatable bonds is 8. The molecule has 0 bridgehead atoms. The van der Waals surface area contributed by atoms with Gasteiger partial charge in [0.15, 0.2) is 5.16 Å². The van der Waals surface area contributed by atoms with Gasteiger partial charge in [0.2, 0.25) is 17.8 Å². The Hall–Kier alpha value is -3.48. The first-order valence-corrected chi connectivity index (χ1v) is 11.6. The van der Waals surface area contributed by atoms with Crippen LogP contribution in [-0.4, -0.2) is 57.8 Å². The van der Waals surface area contributed by atoms with Gasteiger partial charge < -0.3 is 20.3 Å². The van der Waals surface area contributed by atoms with E-state index in [1.165, 1.54) is 18.2 Å². The van der Waals surface area contributed by atoms with Gasteiger partial charge in [0, 0.05) is 30.9 Å². The minimum atomic E-state index is -0.556. The average Bonchev–Trinajstić information content (AvgIpc) is 2.85. The zero-order valence-corrected chi connectivity index (χ0v) is 19.4. The molecule has 0 radical (unpaired) electrons. The molecule has 4 rings (SSSR count). The monoisotopic (exact) mass is 501 g/mol. The smallest absolute Gasteiger partial charge is 0.271 e. The van der Waals surface area contributed by atoms with Crippen LogP contribution in [0, 0.1) is 10.1 Å². The van der Waals surface area contributed by atoms with Crippen LogP contribution >= 0.6 is 23.4 Å². The molecule has 3 aromatic rings. The number of non-ortho nitro benzene ring substituents is 1. The Morgan fingerprint density at radius 1 is 1.15 bits per heavy atom. The average molecular weight is 502 g/mol. The van der Waals surface area contributed by atoms with Crippen molar-refractivity contribution in [2.24, 2.45) is 0 Å². The van der Waals surface area contributed by atoms with Gasteiger partial charge in [-0.15, -0.1) is 0 Å². The van der Waals surface area contributed by atoms with Crippen molar-refractivity contribution in [1.82, 2.24) is 15.0 Å². The van der Waals surface area contributed by atoms with E-state index in [1.54, 1.807) is 0 Å². The number of morpholine rings is 1. The first-order valence-electron chi connectivity index (χ1n) is 10.3. The van der Waals surface area contributed by atoms with E-state index in [9.17, 15) is 14.9 Å². The SMILES string of the molecule is O=C(CSc1nc(Nc2ccccc2)nc(N2CCOCC2)n1)Nc1cc([N+](=O)[O-])ccc1Cl. The third-order valence-electron chi connectivity index (χ3n) is 4.69. The van der Waals surface area contributed by atoms with Gasteiger partial charge in [0.25, 0.3) is 5.69 Å². The number of aromatic nitrogens is 3. The standard InChI is InChI=1S/C21H20ClN7O4S/c22-16-7-6-15(29(31)32)12-17(16)24-18(30)13-34-21-26-19(23-14-4-2-1-3-5-14)25-20(27-21)28-8-10-33-11-9-28/h1-7,12H,8-11,13H2,(H,24,30)(H,23,25,26,27). The number of carbonyl (C=O) groups is 1. The molecule has 1 amide bonds. The summed E-state index contributed by atoms with van der Waals surface area (Å²) in [5.74, 6) is 0.406. The Balaban J connectivity index is 1.49. The maximum atomic E-state index is 12.5. The molecule has 176 valence electrons. The number of carbonyl (C=O) groups excluding carboxylic acids is 1. The largest absolute Gasteiger partial charge is 0.378 e. The highest BCUT2D eigenvalue weighted by atomic mass is 35.5. The first kappa shape index (κ1) is 23.7. The third kappa shape index (κ3) is 6.31. The molecular formula is C21H20ClN7O4S. The van der Waals surface area contributed by atoms with Crippen LogP contribution < -0.4 is 15.5 Å². The number of hydrogen-bond acceptors (Lipinski definition) is 10. The third-order valence-corrected chi connectivity index (χ3v) is 5.87. The minimum Gasteiger partial charge on any atom is -0.378 e. The number of anilines is 4. The number of ether oxygens (including phenoxy) is 1. The van der Waals surface area contributed by atoms with Crippen LogP contribution in [0.1, 0.15) is 0 Å². The summed E-state index contributed by atoms with van der Waals surface area (Å²) in [5, 5.41) is 17.3. The Morgan fingerprint density at radius 3 is 2.65 bits per heavy atom. The highest BCUT2D eigenvalue weighted by molar-refractivity contribution is 7.99. The normalized spacial score (nSPS) is 13.4. The highest BCUT2D eigenvalue weighted by Gasteiger charge is 2.18. The maximum absolute atomic E-state index is 12.5. The van der Waals surface area contributed by atoms with Crippen LogP contribution in [0.4, 0.5) is 29.0 Å². The van der Waals surface area contributed by atoms with Crippen molar-refractivity contribution < 1.29 is 14.5 Å². The first-order chi connectivity index (χ1) is 16.5. The van der Waals surface area contributed by atoms with Crippen LogP contribution in [0.3, 0.4) is 0 Å². The van der Waals surface area contributed by atoms with Gasteiger partial charge in [-0.05, 0) is 18.2 Å². The van der Waals surface area contributed by atoms with Crippen LogP contribution in [-0.2, 0) is 9.53 Å². The van der Waals surface area contributed by atoms with Gasteiger partial charge in [-0.3, -0.25) is 14.9 Å². The number of para-hydroxylation sites is 1. The fourth-order valence-electron chi connectivity index (χ4n) is 3.06. The van der Waals surface area contributed by atoms with Gasteiger partial charge in [0.1, 0.15) is 0 Å². The quantitative estimate of drug-likeness (QED) is 0.267. The topological polar surface area (TPSA) is 135 Å². The summed E-state index contributed by atoms with van der Waals surface area (Å²) in [7, 11) is 0. The van der Waals surface area contributed by atoms with E-state index in [0.29, 0.717) is 43.4 Å². The minimum absolute atomic E-state index is 0.0314. The summed E-state index contributed by atoms with van der Waals surface area (Å²) < 4.78 is 5.41. The number of hydrogen-bond donors (Lipinski definition) is 2. The lowest BCUT2D eigenvalue weighted by Gasteiger charge is -2.27. The van der Waals surface area contributed by atoms with Crippen molar-refractivity contribution in [3.8, 4) is 0 Å². The van der Waals surface area contributed by atoms with Crippen LogP contribution in [0.25, 0.3) is 0 Å². The van der Waals surface area contributed by atoms with E-state index in [0.717, 1.165) is 17.4 Å². The highest BCUT2D eigenvalue weighted by Crippen LogP contribution is 2.27. The van der Waals surface area contributed by atoms with Crippen LogP contribution in [0.5, 0.6) is 0 Å². The number of benzene rings is 2. The molecule has 1 saturated heterocycles. The van der Waals surface area contributed by atoms with E-state index >= 15 is 0 Å². The predicted molar refractivity (Wildman–Crippen MR) is 130 cm³/mol. The predicted octanol–water partition coefficient (Wildman–Crippen LogP) is 3.74. The lowest BCUT2D eigenvalue weighted by atomic mass is 10.3. The number of halogens is 1. The van der Waals surface area contributed by atoms with Crippen molar-refractivity contribution in [3.63, 3.8) is 0 Å². The summed E-state index contributed by atoms with van der Waals surface area (Å²) >= 11 is 7.18. The number of nitro benzene ring substituents is 1. The van der Waals surface area contributed by atoms with Gasteiger partial charge in [-0.2, -0.15) is 15.0 Å². The number of nitrogens with one attached hydrogen (secondary N) is 2. The molecule has 1 fully saturated rings. The Kier molecular flexibility index (Phi) is 7.72.